The fourth-order valence-corrected chi connectivity index (χ4v) is 1.30. The van der Waals surface area contributed by atoms with Crippen LogP contribution in [0, 0.1) is 6.26 Å². The smallest absolute Gasteiger partial charge is 0.188 e. The number of hydrogen-bond donors (Lipinski definition) is 1. The van der Waals surface area contributed by atoms with Crippen molar-refractivity contribution in [3.8, 4) is 11.4 Å². The van der Waals surface area contributed by atoms with Crippen LogP contribution in [-0.4, -0.2) is 15.2 Å². The van der Waals surface area contributed by atoms with E-state index >= 15 is 0 Å². The first-order valence-corrected chi connectivity index (χ1v) is 4.79. The van der Waals surface area contributed by atoms with Crippen LogP contribution >= 0.6 is 11.8 Å². The van der Waals surface area contributed by atoms with Crippen LogP contribution in [-0.2, 0) is 0 Å². The number of nitrogens with zero attached hydrogens (tertiary/aromatic N) is 2. The largest absolute Gasteiger partial charge is 0.316 e. The van der Waals surface area contributed by atoms with Gasteiger partial charge in [-0.15, -0.1) is 10.2 Å². The number of nitrogens with one attached hydrogen (secondary N) is 1. The van der Waals surface area contributed by atoms with Gasteiger partial charge in [0.05, 0.1) is 0 Å². The van der Waals surface area contributed by atoms with Crippen molar-refractivity contribution in [2.75, 3.05) is 0 Å². The summed E-state index contributed by atoms with van der Waals surface area (Å²) in [5.74, 6) is 0.784. The van der Waals surface area contributed by atoms with E-state index in [1.807, 2.05) is 30.3 Å². The predicted octanol–water partition coefficient (Wildman–Crippen LogP) is 2.36. The van der Waals surface area contributed by atoms with Crippen molar-refractivity contribution in [1.82, 2.24) is 15.2 Å². The van der Waals surface area contributed by atoms with Crippen molar-refractivity contribution in [1.29, 1.82) is 0 Å². The molecule has 0 amide bonds. The van der Waals surface area contributed by atoms with E-state index < -0.39 is 0 Å². The molecule has 1 radical (unpaired) electrons. The van der Waals surface area contributed by atoms with E-state index in [4.69, 9.17) is 0 Å². The minimum Gasteiger partial charge on any atom is -0.316 e. The summed E-state index contributed by atoms with van der Waals surface area (Å²) >= 11 is 1.31. The molecule has 13 heavy (non-hydrogen) atoms. The van der Waals surface area contributed by atoms with Crippen LogP contribution in [0.5, 0.6) is 0 Å². The number of aromatic nitrogens is 3. The second-order valence-electron chi connectivity index (χ2n) is 2.49. The molecular weight excluding hydrogens is 182 g/mol. The highest BCUT2D eigenvalue weighted by atomic mass is 32.2. The van der Waals surface area contributed by atoms with E-state index in [9.17, 15) is 0 Å². The Hall–Kier alpha value is -1.29. The second kappa shape index (κ2) is 3.62. The Morgan fingerprint density at radius 3 is 2.54 bits per heavy atom. The lowest BCUT2D eigenvalue weighted by molar-refractivity contribution is 0.977. The lowest BCUT2D eigenvalue weighted by atomic mass is 10.2. The van der Waals surface area contributed by atoms with Crippen LogP contribution in [0.4, 0.5) is 0 Å². The van der Waals surface area contributed by atoms with Crippen molar-refractivity contribution >= 4 is 11.8 Å². The van der Waals surface area contributed by atoms with Gasteiger partial charge in [0.1, 0.15) is 0 Å². The highest BCUT2D eigenvalue weighted by Gasteiger charge is 2.02. The van der Waals surface area contributed by atoms with Crippen LogP contribution in [0.3, 0.4) is 0 Å². The van der Waals surface area contributed by atoms with Gasteiger partial charge in [-0.25, -0.2) is 0 Å². The topological polar surface area (TPSA) is 41.6 Å². The van der Waals surface area contributed by atoms with Crippen LogP contribution < -0.4 is 0 Å². The lowest BCUT2D eigenvalue weighted by Crippen LogP contribution is -1.78. The van der Waals surface area contributed by atoms with Crippen molar-refractivity contribution in [2.45, 2.75) is 5.16 Å². The third kappa shape index (κ3) is 1.72. The van der Waals surface area contributed by atoms with Gasteiger partial charge >= 0.3 is 0 Å². The molecule has 0 bridgehead atoms. The quantitative estimate of drug-likeness (QED) is 0.739. The molecule has 65 valence electrons. The predicted molar refractivity (Wildman–Crippen MR) is 53.0 cm³/mol. The van der Waals surface area contributed by atoms with Crippen molar-refractivity contribution < 1.29 is 0 Å². The molecule has 1 N–H and O–H groups in total. The molecule has 0 unspecified atom stereocenters. The highest BCUT2D eigenvalue weighted by molar-refractivity contribution is 8.00. The molecule has 0 aliphatic carbocycles. The number of benzene rings is 1. The van der Waals surface area contributed by atoms with Crippen LogP contribution in [0.2, 0.25) is 0 Å². The SMILES string of the molecule is [CH2]Sc1nnc(-c2ccccc2)[nH]1. The van der Waals surface area contributed by atoms with Gasteiger partial charge < -0.3 is 4.98 Å². The van der Waals surface area contributed by atoms with E-state index in [0.717, 1.165) is 16.5 Å². The molecule has 0 aliphatic heterocycles. The van der Waals surface area contributed by atoms with E-state index in [0.29, 0.717) is 0 Å². The summed E-state index contributed by atoms with van der Waals surface area (Å²) in [5.41, 5.74) is 1.04. The third-order valence-corrected chi connectivity index (χ3v) is 2.11. The molecule has 0 atom stereocenters. The summed E-state index contributed by atoms with van der Waals surface area (Å²) in [6.07, 6.45) is 3.65. The van der Waals surface area contributed by atoms with E-state index in [2.05, 4.69) is 21.4 Å². The Morgan fingerprint density at radius 2 is 1.92 bits per heavy atom. The lowest BCUT2D eigenvalue weighted by Gasteiger charge is -1.92. The van der Waals surface area contributed by atoms with Gasteiger partial charge in [0.2, 0.25) is 0 Å². The molecule has 0 spiro atoms. The van der Waals surface area contributed by atoms with Crippen LogP contribution in [0.15, 0.2) is 35.5 Å². The summed E-state index contributed by atoms with van der Waals surface area (Å²) in [6.45, 7) is 0. The fraction of sp³-hybridized carbons (Fsp3) is 0. The average molecular weight is 190 g/mol. The Balaban J connectivity index is 2.36. The molecule has 0 aliphatic rings. The maximum Gasteiger partial charge on any atom is 0.188 e. The Labute approximate surface area is 80.6 Å². The summed E-state index contributed by atoms with van der Waals surface area (Å²) in [4.78, 5) is 3.06. The first-order chi connectivity index (χ1) is 6.40. The van der Waals surface area contributed by atoms with Gasteiger partial charge in [-0.2, -0.15) is 0 Å². The standard InChI is InChI=1S/C9H8N3S/c1-13-9-10-8(11-12-9)7-5-3-2-4-6-7/h2-6H,1H2,(H,10,11,12). The average Bonchev–Trinajstić information content (AvgIpc) is 2.67. The number of rotatable bonds is 2. The van der Waals surface area contributed by atoms with Gasteiger partial charge in [0.25, 0.3) is 0 Å². The Kier molecular flexibility index (Phi) is 2.31. The monoisotopic (exact) mass is 190 g/mol. The molecule has 4 heteroatoms. The molecule has 2 aromatic rings. The van der Waals surface area contributed by atoms with Crippen LogP contribution in [0.1, 0.15) is 0 Å². The van der Waals surface area contributed by atoms with Gasteiger partial charge in [0.15, 0.2) is 11.0 Å². The molecule has 1 aromatic carbocycles. The van der Waals surface area contributed by atoms with Gasteiger partial charge in [0, 0.05) is 11.8 Å². The van der Waals surface area contributed by atoms with Crippen LogP contribution in [0.25, 0.3) is 11.4 Å². The summed E-state index contributed by atoms with van der Waals surface area (Å²) < 4.78 is 0. The molecule has 0 saturated carbocycles. The van der Waals surface area contributed by atoms with E-state index in [1.165, 1.54) is 11.8 Å². The molecule has 0 fully saturated rings. The fourth-order valence-electron chi connectivity index (χ4n) is 1.04. The molecule has 3 nitrogen and oxygen atoms in total. The summed E-state index contributed by atoms with van der Waals surface area (Å²) in [5, 5.41) is 8.63. The first-order valence-electron chi connectivity index (χ1n) is 3.80. The number of hydrogen-bond acceptors (Lipinski definition) is 3. The first kappa shape index (κ1) is 8.31. The Morgan fingerprint density at radius 1 is 1.15 bits per heavy atom. The maximum atomic E-state index is 3.99. The zero-order chi connectivity index (χ0) is 9.10. The molecule has 0 saturated heterocycles. The second-order valence-corrected chi connectivity index (χ2v) is 3.16. The maximum absolute atomic E-state index is 3.99. The van der Waals surface area contributed by atoms with Crippen molar-refractivity contribution in [3.05, 3.63) is 36.6 Å². The zero-order valence-corrected chi connectivity index (χ0v) is 7.71. The number of H-pyrrole nitrogens is 1. The molecular formula is C9H8N3S. The van der Waals surface area contributed by atoms with Crippen molar-refractivity contribution in [2.24, 2.45) is 0 Å². The minimum absolute atomic E-state index is 0.735. The van der Waals surface area contributed by atoms with Gasteiger partial charge in [-0.3, -0.25) is 0 Å². The van der Waals surface area contributed by atoms with Crippen molar-refractivity contribution in [3.63, 3.8) is 0 Å². The normalized spacial score (nSPS) is 10.2. The van der Waals surface area contributed by atoms with E-state index in [-0.39, 0.29) is 0 Å². The Bertz CT molecular complexity index is 383. The summed E-state index contributed by atoms with van der Waals surface area (Å²) in [6, 6.07) is 9.87. The summed E-state index contributed by atoms with van der Waals surface area (Å²) in [7, 11) is 0. The minimum atomic E-state index is 0.735. The molecule has 1 aromatic heterocycles. The highest BCUT2D eigenvalue weighted by Crippen LogP contribution is 2.17. The zero-order valence-electron chi connectivity index (χ0n) is 6.90. The molecule has 2 rings (SSSR count). The van der Waals surface area contributed by atoms with Gasteiger partial charge in [-0.05, 0) is 0 Å². The van der Waals surface area contributed by atoms with E-state index in [1.54, 1.807) is 0 Å². The van der Waals surface area contributed by atoms with Gasteiger partial charge in [-0.1, -0.05) is 42.1 Å². The molecule has 1 heterocycles. The number of aromatic amines is 1. The number of thioether (sulfide) groups is 1. The third-order valence-electron chi connectivity index (χ3n) is 1.65.